The van der Waals surface area contributed by atoms with Crippen molar-refractivity contribution in [2.75, 3.05) is 19.7 Å². The third-order valence-corrected chi connectivity index (χ3v) is 9.46. The summed E-state index contributed by atoms with van der Waals surface area (Å²) in [6, 6.07) is 27.7. The Balaban J connectivity index is 1.31. The zero-order valence-corrected chi connectivity index (χ0v) is 30.4. The van der Waals surface area contributed by atoms with Gasteiger partial charge < -0.3 is 42.0 Å². The summed E-state index contributed by atoms with van der Waals surface area (Å²) in [6.07, 6.45) is 0.239. The SMILES string of the molecule is NCCCC[C@H](NC(=O)[C@@H](Cc1ccccc1)NC(=O)OCC1c2ccccc2-c2ccccc21)C(=O)N[C@@H](Cc1ccc(O)cc1)C(=O)NCCC(=O)O. The summed E-state index contributed by atoms with van der Waals surface area (Å²) >= 11 is 0. The van der Waals surface area contributed by atoms with Crippen LogP contribution in [0.3, 0.4) is 0 Å². The van der Waals surface area contributed by atoms with E-state index in [9.17, 15) is 29.1 Å². The molecule has 1 aliphatic carbocycles. The lowest BCUT2D eigenvalue weighted by molar-refractivity contribution is -0.137. The Morgan fingerprint density at radius 3 is 1.82 bits per heavy atom. The predicted octanol–water partition coefficient (Wildman–Crippen LogP) is 3.77. The van der Waals surface area contributed by atoms with Gasteiger partial charge in [-0.25, -0.2) is 4.79 Å². The zero-order valence-electron chi connectivity index (χ0n) is 30.4. The van der Waals surface area contributed by atoms with Crippen LogP contribution in [0.1, 0.15) is 53.9 Å². The van der Waals surface area contributed by atoms with Crippen LogP contribution < -0.4 is 27.0 Å². The molecule has 8 N–H and O–H groups in total. The first-order chi connectivity index (χ1) is 26.6. The number of carbonyl (C=O) groups excluding carboxylic acids is 4. The van der Waals surface area contributed by atoms with E-state index in [0.717, 1.165) is 27.8 Å². The van der Waals surface area contributed by atoms with Gasteiger partial charge in [0.15, 0.2) is 0 Å². The number of ether oxygens (including phenoxy) is 1. The van der Waals surface area contributed by atoms with Gasteiger partial charge in [0.2, 0.25) is 17.7 Å². The standard InChI is InChI=1S/C42H47N5O8/c43-22-9-8-16-35(40(52)46-36(39(51)44-23-21-38(49)50)25-28-17-19-29(48)20-18-28)45-41(53)37(24-27-10-2-1-3-11-27)47-42(54)55-26-34-32-14-6-4-12-30(32)31-13-5-7-15-33(31)34/h1-7,10-15,17-20,34-37,48H,8-9,16,21-26,43H2,(H,44,51)(H,45,53)(H,46,52)(H,47,54)(H,49,50)/t35-,36-,37+/m0/s1. The molecular weight excluding hydrogens is 702 g/mol. The highest BCUT2D eigenvalue weighted by atomic mass is 16.5. The molecule has 0 heterocycles. The van der Waals surface area contributed by atoms with Crippen LogP contribution in [0, 0.1) is 0 Å². The maximum Gasteiger partial charge on any atom is 0.407 e. The smallest absolute Gasteiger partial charge is 0.407 e. The number of nitrogens with one attached hydrogen (secondary N) is 4. The average Bonchev–Trinajstić information content (AvgIpc) is 3.50. The second-order valence-corrected chi connectivity index (χ2v) is 13.4. The molecule has 0 spiro atoms. The molecule has 55 heavy (non-hydrogen) atoms. The molecule has 0 aliphatic heterocycles. The molecule has 0 unspecified atom stereocenters. The number of nitrogens with two attached hydrogens (primary N) is 1. The van der Waals surface area contributed by atoms with Crippen molar-refractivity contribution in [3.05, 3.63) is 125 Å². The van der Waals surface area contributed by atoms with E-state index in [1.165, 1.54) is 12.1 Å². The number of carboxylic acid groups (broad SMARTS) is 1. The number of fused-ring (bicyclic) bond motifs is 3. The Morgan fingerprint density at radius 1 is 0.655 bits per heavy atom. The van der Waals surface area contributed by atoms with Crippen LogP contribution in [0.4, 0.5) is 4.79 Å². The second kappa shape index (κ2) is 19.7. The van der Waals surface area contributed by atoms with Gasteiger partial charge in [0.05, 0.1) is 6.42 Å². The van der Waals surface area contributed by atoms with E-state index >= 15 is 0 Å². The highest BCUT2D eigenvalue weighted by Gasteiger charge is 2.32. The minimum Gasteiger partial charge on any atom is -0.508 e. The van der Waals surface area contributed by atoms with Gasteiger partial charge in [-0.05, 0) is 71.3 Å². The van der Waals surface area contributed by atoms with Crippen LogP contribution in [0.2, 0.25) is 0 Å². The van der Waals surface area contributed by atoms with E-state index in [0.29, 0.717) is 24.9 Å². The highest BCUT2D eigenvalue weighted by Crippen LogP contribution is 2.44. The van der Waals surface area contributed by atoms with Gasteiger partial charge in [0.1, 0.15) is 30.5 Å². The summed E-state index contributed by atoms with van der Waals surface area (Å²) in [4.78, 5) is 65.6. The molecule has 288 valence electrons. The number of benzene rings is 4. The van der Waals surface area contributed by atoms with Crippen molar-refractivity contribution in [1.29, 1.82) is 0 Å². The number of hydrogen-bond donors (Lipinski definition) is 7. The molecule has 4 aromatic carbocycles. The number of carboxylic acids is 1. The molecule has 0 saturated carbocycles. The Labute approximate surface area is 319 Å². The quantitative estimate of drug-likeness (QED) is 0.0695. The van der Waals surface area contributed by atoms with E-state index in [2.05, 4.69) is 21.3 Å². The molecule has 4 aromatic rings. The van der Waals surface area contributed by atoms with Crippen molar-refractivity contribution in [1.82, 2.24) is 21.3 Å². The van der Waals surface area contributed by atoms with E-state index in [4.69, 9.17) is 15.6 Å². The topological polar surface area (TPSA) is 209 Å². The molecule has 4 amide bonds. The fraction of sp³-hybridized carbons (Fsp3) is 0.310. The number of aliphatic carboxylic acids is 1. The minimum absolute atomic E-state index is 0.0222. The molecular formula is C42H47N5O8. The fourth-order valence-electron chi connectivity index (χ4n) is 6.64. The maximum absolute atomic E-state index is 14.0. The van der Waals surface area contributed by atoms with E-state index in [-0.39, 0.29) is 50.5 Å². The molecule has 13 heteroatoms. The monoisotopic (exact) mass is 749 g/mol. The summed E-state index contributed by atoms with van der Waals surface area (Å²) in [7, 11) is 0. The molecule has 0 radical (unpaired) electrons. The second-order valence-electron chi connectivity index (χ2n) is 13.4. The van der Waals surface area contributed by atoms with Crippen molar-refractivity contribution in [3.63, 3.8) is 0 Å². The van der Waals surface area contributed by atoms with Crippen molar-refractivity contribution in [3.8, 4) is 16.9 Å². The van der Waals surface area contributed by atoms with Crippen LogP contribution in [0.25, 0.3) is 11.1 Å². The van der Waals surface area contributed by atoms with Gasteiger partial charge in [-0.15, -0.1) is 0 Å². The van der Waals surface area contributed by atoms with Gasteiger partial charge in [-0.3, -0.25) is 19.2 Å². The third-order valence-electron chi connectivity index (χ3n) is 9.46. The Morgan fingerprint density at radius 2 is 1.20 bits per heavy atom. The van der Waals surface area contributed by atoms with E-state index in [1.807, 2.05) is 78.9 Å². The number of unbranched alkanes of at least 4 members (excludes halogenated alkanes) is 1. The van der Waals surface area contributed by atoms with Gasteiger partial charge in [0.25, 0.3) is 0 Å². The number of phenols is 1. The molecule has 0 saturated heterocycles. The highest BCUT2D eigenvalue weighted by molar-refractivity contribution is 5.94. The number of aromatic hydroxyl groups is 1. The summed E-state index contributed by atoms with van der Waals surface area (Å²) in [5, 5.41) is 29.6. The van der Waals surface area contributed by atoms with E-state index < -0.39 is 47.9 Å². The minimum atomic E-state index is -1.14. The Hall–Kier alpha value is -6.21. The first-order valence-corrected chi connectivity index (χ1v) is 18.4. The van der Waals surface area contributed by atoms with Gasteiger partial charge >= 0.3 is 12.1 Å². The fourth-order valence-corrected chi connectivity index (χ4v) is 6.64. The van der Waals surface area contributed by atoms with Gasteiger partial charge in [-0.1, -0.05) is 91.0 Å². The number of hydrogen-bond acceptors (Lipinski definition) is 8. The normalized spacial score (nSPS) is 13.3. The first kappa shape index (κ1) is 40.0. The first-order valence-electron chi connectivity index (χ1n) is 18.4. The maximum atomic E-state index is 14.0. The largest absolute Gasteiger partial charge is 0.508 e. The Bertz CT molecular complexity index is 1890. The number of amides is 4. The molecule has 0 fully saturated rings. The summed E-state index contributed by atoms with van der Waals surface area (Å²) in [6.45, 7) is 0.244. The molecule has 5 rings (SSSR count). The molecule has 3 atom stereocenters. The molecule has 13 nitrogen and oxygen atoms in total. The number of alkyl carbamates (subject to hydrolysis) is 1. The number of carbonyl (C=O) groups is 5. The molecule has 0 bridgehead atoms. The number of phenolic OH excluding ortho intramolecular Hbond substituents is 1. The lowest BCUT2D eigenvalue weighted by atomic mass is 9.98. The predicted molar refractivity (Wildman–Crippen MR) is 206 cm³/mol. The summed E-state index contributed by atoms with van der Waals surface area (Å²) < 4.78 is 5.76. The van der Waals surface area contributed by atoms with Crippen LogP contribution in [-0.4, -0.2) is 77.8 Å². The summed E-state index contributed by atoms with van der Waals surface area (Å²) in [5.41, 5.74) is 11.4. The third kappa shape index (κ3) is 11.4. The average molecular weight is 750 g/mol. The zero-order chi connectivity index (χ0) is 39.2. The number of rotatable bonds is 19. The van der Waals surface area contributed by atoms with Gasteiger partial charge in [0, 0.05) is 25.3 Å². The van der Waals surface area contributed by atoms with Crippen LogP contribution in [0.5, 0.6) is 5.75 Å². The van der Waals surface area contributed by atoms with Crippen LogP contribution in [-0.2, 0) is 36.8 Å². The van der Waals surface area contributed by atoms with Crippen molar-refractivity contribution in [2.24, 2.45) is 5.73 Å². The molecule has 0 aromatic heterocycles. The summed E-state index contributed by atoms with van der Waals surface area (Å²) in [5.74, 6) is -3.17. The van der Waals surface area contributed by atoms with Crippen LogP contribution >= 0.6 is 0 Å². The van der Waals surface area contributed by atoms with Crippen LogP contribution in [0.15, 0.2) is 103 Å². The van der Waals surface area contributed by atoms with E-state index in [1.54, 1.807) is 12.1 Å². The Kier molecular flexibility index (Phi) is 14.4. The van der Waals surface area contributed by atoms with Crippen molar-refractivity contribution >= 4 is 29.8 Å². The lowest BCUT2D eigenvalue weighted by Gasteiger charge is -2.26. The lowest BCUT2D eigenvalue weighted by Crippen LogP contribution is -2.57. The van der Waals surface area contributed by atoms with Crippen molar-refractivity contribution in [2.45, 2.75) is 62.6 Å². The molecule has 1 aliphatic rings. The van der Waals surface area contributed by atoms with Crippen molar-refractivity contribution < 1.29 is 38.9 Å². The van der Waals surface area contributed by atoms with Gasteiger partial charge in [-0.2, -0.15) is 0 Å².